The summed E-state index contributed by atoms with van der Waals surface area (Å²) in [6, 6.07) is 0. The molecule has 0 amide bonds. The monoisotopic (exact) mass is 242 g/mol. The smallest absolute Gasteiger partial charge is 0.0303 e. The van der Waals surface area contributed by atoms with Crippen LogP contribution in [0.2, 0.25) is 0 Å². The molecular formula is C15H34N2. The molecular weight excluding hydrogens is 208 g/mol. The molecule has 0 radical (unpaired) electrons. The van der Waals surface area contributed by atoms with Crippen LogP contribution in [0.1, 0.15) is 72.6 Å². The van der Waals surface area contributed by atoms with E-state index in [4.69, 9.17) is 5.73 Å². The summed E-state index contributed by atoms with van der Waals surface area (Å²) in [5.74, 6) is 0. The molecule has 0 saturated heterocycles. The van der Waals surface area contributed by atoms with Gasteiger partial charge in [0.1, 0.15) is 0 Å². The lowest BCUT2D eigenvalue weighted by atomic mass is 9.91. The molecule has 0 bridgehead atoms. The van der Waals surface area contributed by atoms with Gasteiger partial charge in [-0.3, -0.25) is 4.90 Å². The molecule has 0 saturated carbocycles. The first-order valence-corrected chi connectivity index (χ1v) is 7.59. The average Bonchev–Trinajstić information content (AvgIpc) is 2.35. The molecule has 0 spiro atoms. The Bertz CT molecular complexity index is 170. The molecule has 0 rings (SSSR count). The van der Waals surface area contributed by atoms with Crippen molar-refractivity contribution in [2.24, 2.45) is 5.73 Å². The van der Waals surface area contributed by atoms with Crippen molar-refractivity contribution in [3.05, 3.63) is 0 Å². The molecule has 0 aromatic rings. The van der Waals surface area contributed by atoms with Crippen LogP contribution < -0.4 is 5.73 Å². The largest absolute Gasteiger partial charge is 0.329 e. The second kappa shape index (κ2) is 9.90. The lowest BCUT2D eigenvalue weighted by Gasteiger charge is -2.40. The van der Waals surface area contributed by atoms with Crippen LogP contribution in [0.5, 0.6) is 0 Å². The number of nitrogens with zero attached hydrogens (tertiary/aromatic N) is 1. The fourth-order valence-corrected chi connectivity index (χ4v) is 2.48. The van der Waals surface area contributed by atoms with E-state index in [0.29, 0.717) is 0 Å². The molecule has 104 valence electrons. The number of hydrogen-bond donors (Lipinski definition) is 1. The molecule has 0 aromatic heterocycles. The highest BCUT2D eigenvalue weighted by molar-refractivity contribution is 4.86. The number of hydrogen-bond acceptors (Lipinski definition) is 2. The van der Waals surface area contributed by atoms with Gasteiger partial charge in [-0.05, 0) is 32.9 Å². The summed E-state index contributed by atoms with van der Waals surface area (Å²) in [5, 5.41) is 0. The highest BCUT2D eigenvalue weighted by atomic mass is 15.2. The first-order valence-electron chi connectivity index (χ1n) is 7.59. The topological polar surface area (TPSA) is 29.3 Å². The van der Waals surface area contributed by atoms with Crippen molar-refractivity contribution in [1.29, 1.82) is 0 Å². The van der Waals surface area contributed by atoms with Crippen LogP contribution in [0.15, 0.2) is 0 Å². The summed E-state index contributed by atoms with van der Waals surface area (Å²) in [6.45, 7) is 12.2. The summed E-state index contributed by atoms with van der Waals surface area (Å²) in [4.78, 5) is 2.59. The summed E-state index contributed by atoms with van der Waals surface area (Å²) < 4.78 is 0. The van der Waals surface area contributed by atoms with E-state index in [2.05, 4.69) is 32.6 Å². The molecule has 0 fully saturated rings. The Hall–Kier alpha value is -0.0800. The maximum absolute atomic E-state index is 6.03. The summed E-state index contributed by atoms with van der Waals surface area (Å²) in [6.07, 6.45) is 9.17. The van der Waals surface area contributed by atoms with Gasteiger partial charge in [-0.25, -0.2) is 0 Å². The van der Waals surface area contributed by atoms with E-state index in [1.54, 1.807) is 0 Å². The first kappa shape index (κ1) is 16.9. The van der Waals surface area contributed by atoms with Crippen LogP contribution in [0.3, 0.4) is 0 Å². The second-order valence-electron chi connectivity index (χ2n) is 5.44. The predicted octanol–water partition coefficient (Wildman–Crippen LogP) is 3.80. The van der Waals surface area contributed by atoms with Crippen LogP contribution in [-0.2, 0) is 0 Å². The van der Waals surface area contributed by atoms with Gasteiger partial charge < -0.3 is 5.73 Å². The van der Waals surface area contributed by atoms with Crippen molar-refractivity contribution >= 4 is 0 Å². The van der Waals surface area contributed by atoms with Crippen LogP contribution in [0.4, 0.5) is 0 Å². The van der Waals surface area contributed by atoms with E-state index in [0.717, 1.165) is 13.1 Å². The third-order valence-corrected chi connectivity index (χ3v) is 3.94. The van der Waals surface area contributed by atoms with Gasteiger partial charge in [-0.1, -0.05) is 52.9 Å². The molecule has 2 nitrogen and oxygen atoms in total. The van der Waals surface area contributed by atoms with E-state index in [1.807, 2.05) is 0 Å². The Kier molecular flexibility index (Phi) is 9.85. The van der Waals surface area contributed by atoms with Crippen LogP contribution in [-0.4, -0.2) is 30.1 Å². The summed E-state index contributed by atoms with van der Waals surface area (Å²) in [5.41, 5.74) is 6.25. The lowest BCUT2D eigenvalue weighted by Crippen LogP contribution is -2.51. The Labute approximate surface area is 109 Å². The lowest BCUT2D eigenvalue weighted by molar-refractivity contribution is 0.103. The van der Waals surface area contributed by atoms with E-state index in [-0.39, 0.29) is 5.54 Å². The molecule has 0 aliphatic rings. The molecule has 0 aliphatic carbocycles. The number of unbranched alkanes of at least 4 members (excludes halogenated alkanes) is 4. The third-order valence-electron chi connectivity index (χ3n) is 3.94. The predicted molar refractivity (Wildman–Crippen MR) is 78.4 cm³/mol. The SMILES string of the molecule is CCCCCCC(C)(CN)N(CC)CCCC. The van der Waals surface area contributed by atoms with Crippen LogP contribution >= 0.6 is 0 Å². The minimum atomic E-state index is 0.220. The normalized spacial score (nSPS) is 15.2. The van der Waals surface area contributed by atoms with Crippen molar-refractivity contribution in [1.82, 2.24) is 4.90 Å². The zero-order valence-electron chi connectivity index (χ0n) is 12.6. The minimum absolute atomic E-state index is 0.220. The van der Waals surface area contributed by atoms with Gasteiger partial charge >= 0.3 is 0 Å². The fourth-order valence-electron chi connectivity index (χ4n) is 2.48. The van der Waals surface area contributed by atoms with E-state index >= 15 is 0 Å². The van der Waals surface area contributed by atoms with Crippen molar-refractivity contribution in [2.45, 2.75) is 78.2 Å². The summed E-state index contributed by atoms with van der Waals surface area (Å²) in [7, 11) is 0. The second-order valence-corrected chi connectivity index (χ2v) is 5.44. The molecule has 0 heterocycles. The molecule has 0 aliphatic heterocycles. The Morgan fingerprint density at radius 1 is 0.941 bits per heavy atom. The maximum atomic E-state index is 6.03. The molecule has 1 unspecified atom stereocenters. The Morgan fingerprint density at radius 3 is 2.06 bits per heavy atom. The molecule has 2 heteroatoms. The van der Waals surface area contributed by atoms with Crippen LogP contribution in [0, 0.1) is 0 Å². The van der Waals surface area contributed by atoms with Gasteiger partial charge in [-0.2, -0.15) is 0 Å². The Morgan fingerprint density at radius 2 is 1.59 bits per heavy atom. The van der Waals surface area contributed by atoms with E-state index in [9.17, 15) is 0 Å². The van der Waals surface area contributed by atoms with Gasteiger partial charge in [0.15, 0.2) is 0 Å². The fraction of sp³-hybridized carbons (Fsp3) is 1.00. The summed E-state index contributed by atoms with van der Waals surface area (Å²) >= 11 is 0. The molecule has 17 heavy (non-hydrogen) atoms. The number of likely N-dealkylation sites (N-methyl/N-ethyl adjacent to an activating group) is 1. The average molecular weight is 242 g/mol. The van der Waals surface area contributed by atoms with Crippen molar-refractivity contribution in [3.8, 4) is 0 Å². The third kappa shape index (κ3) is 6.42. The zero-order valence-corrected chi connectivity index (χ0v) is 12.6. The molecule has 1 atom stereocenters. The van der Waals surface area contributed by atoms with Gasteiger partial charge in [0.05, 0.1) is 0 Å². The molecule has 0 aromatic carbocycles. The Balaban J connectivity index is 4.18. The highest BCUT2D eigenvalue weighted by Crippen LogP contribution is 2.22. The highest BCUT2D eigenvalue weighted by Gasteiger charge is 2.28. The van der Waals surface area contributed by atoms with Crippen LogP contribution in [0.25, 0.3) is 0 Å². The minimum Gasteiger partial charge on any atom is -0.329 e. The van der Waals surface area contributed by atoms with Gasteiger partial charge in [0, 0.05) is 12.1 Å². The van der Waals surface area contributed by atoms with Crippen molar-refractivity contribution in [3.63, 3.8) is 0 Å². The first-order chi connectivity index (χ1) is 8.14. The number of rotatable bonds is 11. The van der Waals surface area contributed by atoms with Gasteiger partial charge in [0.25, 0.3) is 0 Å². The standard InChI is InChI=1S/C15H34N2/c1-5-8-10-11-12-15(4,14-16)17(7-3)13-9-6-2/h5-14,16H2,1-4H3. The number of nitrogens with two attached hydrogens (primary N) is 1. The van der Waals surface area contributed by atoms with E-state index < -0.39 is 0 Å². The zero-order chi connectivity index (χ0) is 13.1. The molecule has 2 N–H and O–H groups in total. The van der Waals surface area contributed by atoms with Crippen molar-refractivity contribution in [2.75, 3.05) is 19.6 Å². The van der Waals surface area contributed by atoms with Gasteiger partial charge in [0.2, 0.25) is 0 Å². The van der Waals surface area contributed by atoms with Crippen molar-refractivity contribution < 1.29 is 0 Å². The van der Waals surface area contributed by atoms with Gasteiger partial charge in [-0.15, -0.1) is 0 Å². The quantitative estimate of drug-likeness (QED) is 0.558. The van der Waals surface area contributed by atoms with E-state index in [1.165, 1.54) is 51.5 Å². The maximum Gasteiger partial charge on any atom is 0.0303 e.